The lowest BCUT2D eigenvalue weighted by atomic mass is 10.0. The number of amides is 1. The van der Waals surface area contributed by atoms with Gasteiger partial charge < -0.3 is 25.6 Å². The Labute approximate surface area is 117 Å². The molecule has 2 rings (SSSR count). The Bertz CT molecular complexity index is 470. The van der Waals surface area contributed by atoms with Gasteiger partial charge in [0.1, 0.15) is 0 Å². The maximum absolute atomic E-state index is 12.2. The topological polar surface area (TPSA) is 96.0 Å². The predicted octanol–water partition coefficient (Wildman–Crippen LogP) is 0.216. The summed E-state index contributed by atoms with van der Waals surface area (Å²) >= 11 is 0. The number of rotatable bonds is 3. The van der Waals surface area contributed by atoms with E-state index >= 15 is 0 Å². The lowest BCUT2D eigenvalue weighted by Crippen LogP contribution is -2.45. The molecule has 1 saturated heterocycles. The number of nitrogens with two attached hydrogens (primary N) is 1. The first-order chi connectivity index (χ1) is 9.58. The summed E-state index contributed by atoms with van der Waals surface area (Å²) in [5.74, 6) is -0.494. The van der Waals surface area contributed by atoms with Crippen LogP contribution < -0.4 is 5.73 Å². The van der Waals surface area contributed by atoms with Gasteiger partial charge in [-0.05, 0) is 30.5 Å². The SMILES string of the molecule is N[C@@H](Cc1ccc(O)c(O)c1)C(=O)N1CCCOCC1. The Morgan fingerprint density at radius 1 is 1.30 bits per heavy atom. The van der Waals surface area contributed by atoms with Crippen molar-refractivity contribution in [3.63, 3.8) is 0 Å². The van der Waals surface area contributed by atoms with E-state index in [1.54, 1.807) is 11.0 Å². The van der Waals surface area contributed by atoms with Crippen LogP contribution in [0.15, 0.2) is 18.2 Å². The minimum Gasteiger partial charge on any atom is -0.504 e. The molecule has 4 N–H and O–H groups in total. The third-order valence-corrected chi connectivity index (χ3v) is 3.35. The van der Waals surface area contributed by atoms with E-state index in [1.807, 2.05) is 0 Å². The van der Waals surface area contributed by atoms with Gasteiger partial charge in [0.25, 0.3) is 0 Å². The van der Waals surface area contributed by atoms with E-state index in [0.29, 0.717) is 38.3 Å². The Hall–Kier alpha value is -1.79. The van der Waals surface area contributed by atoms with Crippen molar-refractivity contribution in [2.45, 2.75) is 18.9 Å². The second-order valence-electron chi connectivity index (χ2n) is 4.92. The van der Waals surface area contributed by atoms with E-state index in [-0.39, 0.29) is 17.4 Å². The van der Waals surface area contributed by atoms with Gasteiger partial charge in [0.15, 0.2) is 11.5 Å². The molecule has 110 valence electrons. The molecule has 1 aliphatic heterocycles. The highest BCUT2D eigenvalue weighted by molar-refractivity contribution is 5.82. The van der Waals surface area contributed by atoms with Crippen molar-refractivity contribution in [1.29, 1.82) is 0 Å². The van der Waals surface area contributed by atoms with Crippen LogP contribution in [0, 0.1) is 0 Å². The number of aromatic hydroxyl groups is 2. The van der Waals surface area contributed by atoms with Crippen molar-refractivity contribution in [3.05, 3.63) is 23.8 Å². The quantitative estimate of drug-likeness (QED) is 0.688. The minimum absolute atomic E-state index is 0.108. The molecular weight excluding hydrogens is 260 g/mol. The molecule has 0 aromatic heterocycles. The van der Waals surface area contributed by atoms with Gasteiger partial charge in [-0.2, -0.15) is 0 Å². The number of carbonyl (C=O) groups is 1. The molecule has 1 atom stereocenters. The molecular formula is C14H20N2O4. The number of benzene rings is 1. The van der Waals surface area contributed by atoms with Gasteiger partial charge in [-0.1, -0.05) is 6.07 Å². The van der Waals surface area contributed by atoms with Crippen LogP contribution in [0.5, 0.6) is 11.5 Å². The third-order valence-electron chi connectivity index (χ3n) is 3.35. The van der Waals surface area contributed by atoms with Crippen molar-refractivity contribution in [2.75, 3.05) is 26.3 Å². The van der Waals surface area contributed by atoms with Crippen LogP contribution in [-0.2, 0) is 16.0 Å². The molecule has 6 nitrogen and oxygen atoms in total. The lowest BCUT2D eigenvalue weighted by molar-refractivity contribution is -0.132. The number of phenols is 2. The van der Waals surface area contributed by atoms with Gasteiger partial charge in [0, 0.05) is 19.7 Å². The minimum atomic E-state index is -0.656. The molecule has 0 saturated carbocycles. The van der Waals surface area contributed by atoms with Gasteiger partial charge in [-0.15, -0.1) is 0 Å². The molecule has 1 aliphatic rings. The van der Waals surface area contributed by atoms with Crippen LogP contribution in [0.3, 0.4) is 0 Å². The fraction of sp³-hybridized carbons (Fsp3) is 0.500. The third kappa shape index (κ3) is 3.61. The number of hydrogen-bond donors (Lipinski definition) is 3. The number of ether oxygens (including phenoxy) is 1. The summed E-state index contributed by atoms with van der Waals surface area (Å²) in [5, 5.41) is 18.7. The lowest BCUT2D eigenvalue weighted by Gasteiger charge is -2.23. The monoisotopic (exact) mass is 280 g/mol. The molecule has 0 radical (unpaired) electrons. The van der Waals surface area contributed by atoms with E-state index < -0.39 is 6.04 Å². The van der Waals surface area contributed by atoms with Gasteiger partial charge in [0.2, 0.25) is 5.91 Å². The van der Waals surface area contributed by atoms with E-state index in [0.717, 1.165) is 6.42 Å². The van der Waals surface area contributed by atoms with Crippen LogP contribution in [0.2, 0.25) is 0 Å². The summed E-state index contributed by atoms with van der Waals surface area (Å²) in [6, 6.07) is 3.81. The highest BCUT2D eigenvalue weighted by atomic mass is 16.5. The fourth-order valence-electron chi connectivity index (χ4n) is 2.24. The Kier molecular flexibility index (Phi) is 4.81. The number of carbonyl (C=O) groups excluding carboxylic acids is 1. The molecule has 1 fully saturated rings. The van der Waals surface area contributed by atoms with Crippen molar-refractivity contribution < 1.29 is 19.7 Å². The van der Waals surface area contributed by atoms with E-state index in [2.05, 4.69) is 0 Å². The zero-order chi connectivity index (χ0) is 14.5. The summed E-state index contributed by atoms with van der Waals surface area (Å²) < 4.78 is 5.31. The molecule has 1 heterocycles. The fourth-order valence-corrected chi connectivity index (χ4v) is 2.24. The summed E-state index contributed by atoms with van der Waals surface area (Å²) in [4.78, 5) is 14.0. The second-order valence-corrected chi connectivity index (χ2v) is 4.92. The summed E-state index contributed by atoms with van der Waals surface area (Å²) in [7, 11) is 0. The predicted molar refractivity (Wildman–Crippen MR) is 73.5 cm³/mol. The molecule has 0 unspecified atom stereocenters. The molecule has 6 heteroatoms. The number of nitrogens with zero attached hydrogens (tertiary/aromatic N) is 1. The van der Waals surface area contributed by atoms with Gasteiger partial charge in [0.05, 0.1) is 12.6 Å². The molecule has 0 bridgehead atoms. The zero-order valence-electron chi connectivity index (χ0n) is 11.3. The van der Waals surface area contributed by atoms with Crippen LogP contribution in [-0.4, -0.2) is 53.4 Å². The second kappa shape index (κ2) is 6.58. The van der Waals surface area contributed by atoms with Crippen molar-refractivity contribution in [3.8, 4) is 11.5 Å². The van der Waals surface area contributed by atoms with Gasteiger partial charge in [-0.3, -0.25) is 4.79 Å². The number of phenolic OH excluding ortho intramolecular Hbond substituents is 2. The van der Waals surface area contributed by atoms with Crippen molar-refractivity contribution in [1.82, 2.24) is 4.90 Å². The maximum atomic E-state index is 12.2. The average Bonchev–Trinajstić information content (AvgIpc) is 2.71. The molecule has 0 spiro atoms. The van der Waals surface area contributed by atoms with Gasteiger partial charge in [-0.25, -0.2) is 0 Å². The highest BCUT2D eigenvalue weighted by Crippen LogP contribution is 2.25. The van der Waals surface area contributed by atoms with Crippen LogP contribution in [0.25, 0.3) is 0 Å². The Morgan fingerprint density at radius 2 is 2.10 bits per heavy atom. The van der Waals surface area contributed by atoms with Crippen LogP contribution in [0.1, 0.15) is 12.0 Å². The zero-order valence-corrected chi connectivity index (χ0v) is 11.3. The van der Waals surface area contributed by atoms with Crippen molar-refractivity contribution in [2.24, 2.45) is 5.73 Å². The first-order valence-electron chi connectivity index (χ1n) is 6.71. The van der Waals surface area contributed by atoms with Crippen molar-refractivity contribution >= 4 is 5.91 Å². The highest BCUT2D eigenvalue weighted by Gasteiger charge is 2.22. The van der Waals surface area contributed by atoms with Gasteiger partial charge >= 0.3 is 0 Å². The molecule has 0 aliphatic carbocycles. The van der Waals surface area contributed by atoms with E-state index in [4.69, 9.17) is 10.5 Å². The standard InChI is InChI=1S/C14H20N2O4/c15-11(8-10-2-3-12(17)13(18)9-10)14(19)16-4-1-6-20-7-5-16/h2-3,9,11,17-18H,1,4-8,15H2/t11-/m0/s1. The maximum Gasteiger partial charge on any atom is 0.239 e. The summed E-state index contributed by atoms with van der Waals surface area (Å²) in [6.45, 7) is 2.43. The average molecular weight is 280 g/mol. The van der Waals surface area contributed by atoms with Crippen LogP contribution >= 0.6 is 0 Å². The van der Waals surface area contributed by atoms with Crippen LogP contribution in [0.4, 0.5) is 0 Å². The molecule has 20 heavy (non-hydrogen) atoms. The van der Waals surface area contributed by atoms with E-state index in [1.165, 1.54) is 12.1 Å². The molecule has 1 amide bonds. The summed E-state index contributed by atoms with van der Waals surface area (Å²) in [5.41, 5.74) is 6.66. The smallest absolute Gasteiger partial charge is 0.239 e. The number of hydrogen-bond acceptors (Lipinski definition) is 5. The summed E-state index contributed by atoms with van der Waals surface area (Å²) in [6.07, 6.45) is 1.14. The molecule has 1 aromatic carbocycles. The van der Waals surface area contributed by atoms with E-state index in [9.17, 15) is 15.0 Å². The normalized spacial score (nSPS) is 17.6. The largest absolute Gasteiger partial charge is 0.504 e. The Balaban J connectivity index is 1.97. The first kappa shape index (κ1) is 14.6. The molecule has 1 aromatic rings. The first-order valence-corrected chi connectivity index (χ1v) is 6.71. The Morgan fingerprint density at radius 3 is 2.85 bits per heavy atom.